The molecule has 2 unspecified atom stereocenters. The Morgan fingerprint density at radius 1 is 1.53 bits per heavy atom. The molecule has 0 spiro atoms. The monoisotopic (exact) mass is 232 g/mol. The predicted molar refractivity (Wildman–Crippen MR) is 58.0 cm³/mol. The summed E-state index contributed by atoms with van der Waals surface area (Å²) in [7, 11) is 0. The van der Waals surface area contributed by atoms with Crippen LogP contribution in [-0.4, -0.2) is 53.7 Å². The van der Waals surface area contributed by atoms with Gasteiger partial charge in [0.1, 0.15) is 0 Å². The summed E-state index contributed by atoms with van der Waals surface area (Å²) in [5, 5.41) is 0. The maximum atomic E-state index is 11.6. The number of alkyl halides is 1. The van der Waals surface area contributed by atoms with E-state index in [1.54, 1.807) is 4.90 Å². The molecule has 2 heterocycles. The molecular formula is C10H17ClN2O2. The molecule has 0 bridgehead atoms. The second-order valence-corrected chi connectivity index (χ2v) is 4.53. The number of nitrogens with zero attached hydrogens (tertiary/aromatic N) is 2. The summed E-state index contributed by atoms with van der Waals surface area (Å²) in [6.07, 6.45) is 2.16. The Balaban J connectivity index is 1.97. The molecule has 0 saturated carbocycles. The lowest BCUT2D eigenvalue weighted by Gasteiger charge is -2.41. The summed E-state index contributed by atoms with van der Waals surface area (Å²) < 4.78 is 4.83. The van der Waals surface area contributed by atoms with Crippen LogP contribution in [-0.2, 0) is 4.74 Å². The van der Waals surface area contributed by atoms with Crippen LogP contribution in [0.25, 0.3) is 0 Å². The van der Waals surface area contributed by atoms with Crippen molar-refractivity contribution in [3.05, 3.63) is 0 Å². The molecule has 4 nitrogen and oxygen atoms in total. The Labute approximate surface area is 95.1 Å². The Morgan fingerprint density at radius 2 is 2.33 bits per heavy atom. The van der Waals surface area contributed by atoms with Gasteiger partial charge in [-0.05, 0) is 26.3 Å². The molecule has 2 fully saturated rings. The Hall–Kier alpha value is -0.480. The normalized spacial score (nSPS) is 31.5. The third kappa shape index (κ3) is 2.21. The largest absolute Gasteiger partial charge is 0.433 e. The van der Waals surface area contributed by atoms with Crippen LogP contribution in [0.1, 0.15) is 19.8 Å². The van der Waals surface area contributed by atoms with Crippen molar-refractivity contribution in [2.75, 3.05) is 25.7 Å². The fourth-order valence-corrected chi connectivity index (χ4v) is 2.66. The first-order valence-electron chi connectivity index (χ1n) is 5.45. The van der Waals surface area contributed by atoms with Gasteiger partial charge in [-0.1, -0.05) is 11.6 Å². The van der Waals surface area contributed by atoms with E-state index in [1.807, 2.05) is 0 Å². The van der Waals surface area contributed by atoms with Crippen LogP contribution in [0.15, 0.2) is 0 Å². The molecule has 0 aliphatic carbocycles. The van der Waals surface area contributed by atoms with Crippen LogP contribution < -0.4 is 0 Å². The van der Waals surface area contributed by atoms with Gasteiger partial charge in [0.25, 0.3) is 0 Å². The van der Waals surface area contributed by atoms with E-state index in [9.17, 15) is 4.79 Å². The Morgan fingerprint density at radius 3 is 3.07 bits per heavy atom. The first-order valence-corrected chi connectivity index (χ1v) is 5.99. The molecule has 1 amide bonds. The van der Waals surface area contributed by atoms with E-state index in [1.165, 1.54) is 19.4 Å². The maximum absolute atomic E-state index is 11.6. The van der Waals surface area contributed by atoms with Gasteiger partial charge in [0, 0.05) is 25.2 Å². The summed E-state index contributed by atoms with van der Waals surface area (Å²) in [5.41, 5.74) is 0. The minimum Gasteiger partial charge on any atom is -0.433 e. The number of halogens is 1. The first-order chi connectivity index (χ1) is 7.22. The summed E-state index contributed by atoms with van der Waals surface area (Å²) in [6.45, 7) is 4.98. The van der Waals surface area contributed by atoms with Gasteiger partial charge in [-0.2, -0.15) is 0 Å². The number of ether oxygens (including phenoxy) is 1. The van der Waals surface area contributed by atoms with Crippen molar-refractivity contribution in [2.45, 2.75) is 31.8 Å². The van der Waals surface area contributed by atoms with Crippen molar-refractivity contribution in [2.24, 2.45) is 0 Å². The van der Waals surface area contributed by atoms with E-state index in [0.717, 1.165) is 13.1 Å². The van der Waals surface area contributed by atoms with Gasteiger partial charge in [0.05, 0.1) is 0 Å². The van der Waals surface area contributed by atoms with Gasteiger partial charge < -0.3 is 9.64 Å². The average Bonchev–Trinajstić information content (AvgIpc) is 2.63. The van der Waals surface area contributed by atoms with E-state index in [0.29, 0.717) is 6.04 Å². The molecule has 0 aromatic heterocycles. The highest BCUT2D eigenvalue weighted by atomic mass is 35.5. The molecule has 0 aromatic carbocycles. The first kappa shape index (κ1) is 11.0. The van der Waals surface area contributed by atoms with Gasteiger partial charge >= 0.3 is 6.09 Å². The molecule has 0 aromatic rings. The van der Waals surface area contributed by atoms with Crippen LogP contribution in [0.3, 0.4) is 0 Å². The van der Waals surface area contributed by atoms with E-state index < -0.39 is 0 Å². The number of rotatable bonds is 1. The maximum Gasteiger partial charge on any atom is 0.411 e. The third-order valence-corrected chi connectivity index (χ3v) is 3.46. The lowest BCUT2D eigenvalue weighted by molar-refractivity contribution is 0.0450. The average molecular weight is 233 g/mol. The van der Waals surface area contributed by atoms with Crippen LogP contribution in [0.2, 0.25) is 0 Å². The topological polar surface area (TPSA) is 32.8 Å². The highest BCUT2D eigenvalue weighted by Gasteiger charge is 2.36. The zero-order chi connectivity index (χ0) is 10.8. The van der Waals surface area contributed by atoms with E-state index in [-0.39, 0.29) is 18.2 Å². The second-order valence-electron chi connectivity index (χ2n) is 4.31. The van der Waals surface area contributed by atoms with E-state index in [4.69, 9.17) is 16.3 Å². The van der Waals surface area contributed by atoms with Crippen LogP contribution >= 0.6 is 11.6 Å². The number of fused-ring (bicyclic) bond motifs is 1. The van der Waals surface area contributed by atoms with Gasteiger partial charge in [0.15, 0.2) is 6.07 Å². The molecule has 2 atom stereocenters. The highest BCUT2D eigenvalue weighted by molar-refractivity contribution is 6.17. The molecular weight excluding hydrogens is 216 g/mol. The molecule has 0 radical (unpaired) electrons. The number of carbonyl (C=O) groups excluding carboxylic acids is 1. The van der Waals surface area contributed by atoms with Crippen LogP contribution in [0.4, 0.5) is 4.79 Å². The zero-order valence-corrected chi connectivity index (χ0v) is 9.74. The Kier molecular flexibility index (Phi) is 3.36. The SMILES string of the molecule is CC1CN2CCCC2CN1C(=O)OCCl. The number of piperazine rings is 1. The van der Waals surface area contributed by atoms with Crippen molar-refractivity contribution in [3.8, 4) is 0 Å². The van der Waals surface area contributed by atoms with Gasteiger partial charge in [-0.25, -0.2) is 4.79 Å². The van der Waals surface area contributed by atoms with Crippen molar-refractivity contribution in [1.29, 1.82) is 0 Å². The molecule has 0 N–H and O–H groups in total. The predicted octanol–water partition coefficient (Wildman–Crippen LogP) is 1.49. The van der Waals surface area contributed by atoms with Crippen molar-refractivity contribution in [3.63, 3.8) is 0 Å². The minimum absolute atomic E-state index is 0.0591. The highest BCUT2D eigenvalue weighted by Crippen LogP contribution is 2.24. The minimum atomic E-state index is -0.274. The van der Waals surface area contributed by atoms with Crippen LogP contribution in [0, 0.1) is 0 Å². The van der Waals surface area contributed by atoms with Crippen molar-refractivity contribution < 1.29 is 9.53 Å². The third-order valence-electron chi connectivity index (χ3n) is 3.35. The summed E-state index contributed by atoms with van der Waals surface area (Å²) >= 11 is 5.39. The molecule has 5 heteroatoms. The summed E-state index contributed by atoms with van der Waals surface area (Å²) in [6, 6.07) is 0.704. The molecule has 15 heavy (non-hydrogen) atoms. The number of hydrogen-bond donors (Lipinski definition) is 0. The fourth-order valence-electron chi connectivity index (χ4n) is 2.57. The van der Waals surface area contributed by atoms with Gasteiger partial charge in [-0.15, -0.1) is 0 Å². The molecule has 2 saturated heterocycles. The summed E-state index contributed by atoms with van der Waals surface area (Å²) in [5.74, 6) is 0. The molecule has 86 valence electrons. The quantitative estimate of drug-likeness (QED) is 0.643. The summed E-state index contributed by atoms with van der Waals surface area (Å²) in [4.78, 5) is 15.9. The number of amides is 1. The van der Waals surface area contributed by atoms with E-state index in [2.05, 4.69) is 11.8 Å². The zero-order valence-electron chi connectivity index (χ0n) is 8.99. The lowest BCUT2D eigenvalue weighted by atomic mass is 10.1. The second kappa shape index (κ2) is 4.58. The molecule has 2 aliphatic heterocycles. The van der Waals surface area contributed by atoms with Gasteiger partial charge in [-0.3, -0.25) is 4.90 Å². The number of hydrogen-bond acceptors (Lipinski definition) is 3. The Bertz CT molecular complexity index is 250. The van der Waals surface area contributed by atoms with Crippen LogP contribution in [0.5, 0.6) is 0 Å². The van der Waals surface area contributed by atoms with Crippen molar-refractivity contribution >= 4 is 17.7 Å². The molecule has 2 rings (SSSR count). The lowest BCUT2D eigenvalue weighted by Crippen LogP contribution is -2.56. The fraction of sp³-hybridized carbons (Fsp3) is 0.900. The molecule has 2 aliphatic rings. The smallest absolute Gasteiger partial charge is 0.411 e. The standard InChI is InChI=1S/C10H17ClN2O2/c1-8-5-12-4-2-3-9(12)6-13(8)10(14)15-7-11/h8-9H,2-7H2,1H3. The number of carbonyl (C=O) groups is 1. The van der Waals surface area contributed by atoms with E-state index >= 15 is 0 Å². The van der Waals surface area contributed by atoms with Gasteiger partial charge in [0.2, 0.25) is 0 Å². The van der Waals surface area contributed by atoms with Crippen molar-refractivity contribution in [1.82, 2.24) is 9.80 Å².